The van der Waals surface area contributed by atoms with Crippen LogP contribution in [0.25, 0.3) is 4.96 Å². The lowest BCUT2D eigenvalue weighted by molar-refractivity contribution is 0.626. The van der Waals surface area contributed by atoms with Crippen LogP contribution in [0.3, 0.4) is 0 Å². The van der Waals surface area contributed by atoms with Gasteiger partial charge in [-0.15, -0.1) is 10.2 Å². The van der Waals surface area contributed by atoms with Crippen molar-refractivity contribution < 1.29 is 0 Å². The van der Waals surface area contributed by atoms with E-state index in [4.69, 9.17) is 5.73 Å². The highest BCUT2D eigenvalue weighted by Gasteiger charge is 2.17. The van der Waals surface area contributed by atoms with Crippen molar-refractivity contribution in [3.63, 3.8) is 0 Å². The van der Waals surface area contributed by atoms with Gasteiger partial charge < -0.3 is 5.73 Å². The molecule has 2 heterocycles. The van der Waals surface area contributed by atoms with Crippen LogP contribution in [-0.4, -0.2) is 19.8 Å². The molecule has 2 aromatic heterocycles. The molecule has 6 heteroatoms. The highest BCUT2D eigenvalue weighted by atomic mass is 32.1. The minimum Gasteiger partial charge on any atom is -0.322 e. The number of rotatable bonds is 5. The van der Waals surface area contributed by atoms with Crippen molar-refractivity contribution in [2.75, 3.05) is 0 Å². The lowest BCUT2D eigenvalue weighted by Gasteiger charge is -2.07. The van der Waals surface area contributed by atoms with E-state index < -0.39 is 0 Å². The Morgan fingerprint density at radius 3 is 2.67 bits per heavy atom. The standard InChI is InChI=1S/C15H19N5S/c1-10(2)13-17-18-15-20(13)19-14(21-15)12(16)9-8-11-6-4-3-5-7-11/h3-7,10,12H,8-9,16H2,1-2H3. The topological polar surface area (TPSA) is 69.1 Å². The molecule has 0 aliphatic rings. The van der Waals surface area contributed by atoms with Crippen molar-refractivity contribution in [2.24, 2.45) is 5.73 Å². The molecule has 0 fully saturated rings. The summed E-state index contributed by atoms with van der Waals surface area (Å²) in [5.41, 5.74) is 7.58. The summed E-state index contributed by atoms with van der Waals surface area (Å²) in [6.07, 6.45) is 1.84. The molecule has 5 nitrogen and oxygen atoms in total. The molecule has 3 rings (SSSR count). The number of nitrogens with two attached hydrogens (primary N) is 1. The second-order valence-corrected chi connectivity index (χ2v) is 6.47. The van der Waals surface area contributed by atoms with Gasteiger partial charge in [0.2, 0.25) is 4.96 Å². The molecule has 2 N–H and O–H groups in total. The van der Waals surface area contributed by atoms with E-state index in [1.54, 1.807) is 0 Å². The summed E-state index contributed by atoms with van der Waals surface area (Å²) < 4.78 is 1.83. The summed E-state index contributed by atoms with van der Waals surface area (Å²) in [5.74, 6) is 1.19. The molecule has 110 valence electrons. The Balaban J connectivity index is 1.74. The number of hydrogen-bond donors (Lipinski definition) is 1. The van der Waals surface area contributed by atoms with Crippen molar-refractivity contribution in [1.29, 1.82) is 0 Å². The van der Waals surface area contributed by atoms with Crippen LogP contribution in [-0.2, 0) is 6.42 Å². The fourth-order valence-electron chi connectivity index (χ4n) is 2.25. The smallest absolute Gasteiger partial charge is 0.234 e. The molecule has 3 aromatic rings. The van der Waals surface area contributed by atoms with Crippen LogP contribution in [0.4, 0.5) is 0 Å². The molecule has 0 aliphatic carbocycles. The van der Waals surface area contributed by atoms with Gasteiger partial charge in [-0.05, 0) is 18.4 Å². The first kappa shape index (κ1) is 14.2. The monoisotopic (exact) mass is 301 g/mol. The molecular weight excluding hydrogens is 282 g/mol. The fourth-order valence-corrected chi connectivity index (χ4v) is 3.13. The summed E-state index contributed by atoms with van der Waals surface area (Å²) in [6.45, 7) is 4.18. The number of fused-ring (bicyclic) bond motifs is 1. The number of hydrogen-bond acceptors (Lipinski definition) is 5. The van der Waals surface area contributed by atoms with E-state index >= 15 is 0 Å². The first-order valence-electron chi connectivity index (χ1n) is 7.16. The van der Waals surface area contributed by atoms with Gasteiger partial charge in [0.25, 0.3) is 0 Å². The average molecular weight is 301 g/mol. The molecule has 21 heavy (non-hydrogen) atoms. The zero-order valence-corrected chi connectivity index (χ0v) is 13.0. The van der Waals surface area contributed by atoms with E-state index in [0.717, 1.165) is 28.6 Å². The minimum absolute atomic E-state index is 0.0584. The molecule has 0 amide bonds. The maximum Gasteiger partial charge on any atom is 0.234 e. The quantitative estimate of drug-likeness (QED) is 0.786. The SMILES string of the molecule is CC(C)c1nnc2sc(C(N)CCc3ccccc3)nn12. The predicted octanol–water partition coefficient (Wildman–Crippen LogP) is 2.94. The van der Waals surface area contributed by atoms with Gasteiger partial charge in [0, 0.05) is 5.92 Å². The van der Waals surface area contributed by atoms with Gasteiger partial charge >= 0.3 is 0 Å². The van der Waals surface area contributed by atoms with Gasteiger partial charge in [-0.1, -0.05) is 55.5 Å². The van der Waals surface area contributed by atoms with Crippen LogP contribution in [0.2, 0.25) is 0 Å². The number of aryl methyl sites for hydroxylation is 1. The van der Waals surface area contributed by atoms with E-state index in [-0.39, 0.29) is 6.04 Å². The zero-order valence-electron chi connectivity index (χ0n) is 12.2. The van der Waals surface area contributed by atoms with Crippen LogP contribution in [0, 0.1) is 0 Å². The van der Waals surface area contributed by atoms with E-state index in [1.807, 2.05) is 10.6 Å². The number of aromatic nitrogens is 4. The molecule has 0 bridgehead atoms. The Bertz CT molecular complexity index is 716. The highest BCUT2D eigenvalue weighted by molar-refractivity contribution is 7.16. The number of nitrogens with zero attached hydrogens (tertiary/aromatic N) is 4. The first-order chi connectivity index (χ1) is 10.1. The van der Waals surface area contributed by atoms with Crippen LogP contribution in [0.5, 0.6) is 0 Å². The van der Waals surface area contributed by atoms with Crippen LogP contribution in [0.1, 0.15) is 48.6 Å². The van der Waals surface area contributed by atoms with Crippen LogP contribution < -0.4 is 5.73 Å². The minimum atomic E-state index is -0.0584. The van der Waals surface area contributed by atoms with Crippen LogP contribution in [0.15, 0.2) is 30.3 Å². The Kier molecular flexibility index (Phi) is 3.98. The molecule has 0 radical (unpaired) electrons. The number of benzene rings is 1. The van der Waals surface area contributed by atoms with Crippen LogP contribution >= 0.6 is 11.3 Å². The Morgan fingerprint density at radius 2 is 1.95 bits per heavy atom. The maximum absolute atomic E-state index is 6.28. The third kappa shape index (κ3) is 2.96. The third-order valence-electron chi connectivity index (χ3n) is 3.45. The molecule has 0 saturated heterocycles. The largest absolute Gasteiger partial charge is 0.322 e. The zero-order chi connectivity index (χ0) is 14.8. The lowest BCUT2D eigenvalue weighted by Crippen LogP contribution is -2.12. The Labute approximate surface area is 127 Å². The average Bonchev–Trinajstić information content (AvgIpc) is 3.05. The summed E-state index contributed by atoms with van der Waals surface area (Å²) >= 11 is 1.53. The van der Waals surface area contributed by atoms with E-state index in [2.05, 4.69) is 53.4 Å². The van der Waals surface area contributed by atoms with E-state index in [0.29, 0.717) is 5.92 Å². The maximum atomic E-state index is 6.28. The molecule has 0 spiro atoms. The van der Waals surface area contributed by atoms with Gasteiger partial charge in [-0.3, -0.25) is 0 Å². The highest BCUT2D eigenvalue weighted by Crippen LogP contribution is 2.24. The molecule has 0 saturated carbocycles. The molecule has 1 atom stereocenters. The van der Waals surface area contributed by atoms with Crippen molar-refractivity contribution >= 4 is 16.3 Å². The first-order valence-corrected chi connectivity index (χ1v) is 7.98. The Hall–Kier alpha value is -1.79. The Morgan fingerprint density at radius 1 is 1.19 bits per heavy atom. The summed E-state index contributed by atoms with van der Waals surface area (Å²) in [6, 6.07) is 10.3. The fraction of sp³-hybridized carbons (Fsp3) is 0.400. The van der Waals surface area contributed by atoms with Crippen molar-refractivity contribution in [2.45, 2.75) is 38.6 Å². The van der Waals surface area contributed by atoms with Crippen molar-refractivity contribution in [1.82, 2.24) is 19.8 Å². The lowest BCUT2D eigenvalue weighted by atomic mass is 10.1. The predicted molar refractivity (Wildman–Crippen MR) is 84.4 cm³/mol. The van der Waals surface area contributed by atoms with Gasteiger partial charge in [0.05, 0.1) is 6.04 Å². The van der Waals surface area contributed by atoms with Gasteiger partial charge in [-0.2, -0.15) is 9.61 Å². The molecular formula is C15H19N5S. The summed E-state index contributed by atoms with van der Waals surface area (Å²) in [4.78, 5) is 0.823. The molecule has 1 unspecified atom stereocenters. The van der Waals surface area contributed by atoms with Gasteiger partial charge in [0.15, 0.2) is 5.82 Å². The molecule has 1 aromatic carbocycles. The van der Waals surface area contributed by atoms with E-state index in [1.165, 1.54) is 16.9 Å². The van der Waals surface area contributed by atoms with E-state index in [9.17, 15) is 0 Å². The summed E-state index contributed by atoms with van der Waals surface area (Å²) in [7, 11) is 0. The van der Waals surface area contributed by atoms with Gasteiger partial charge in [-0.25, -0.2) is 0 Å². The second kappa shape index (κ2) is 5.91. The van der Waals surface area contributed by atoms with Gasteiger partial charge in [0.1, 0.15) is 5.01 Å². The second-order valence-electron chi connectivity index (χ2n) is 5.48. The molecule has 0 aliphatic heterocycles. The third-order valence-corrected chi connectivity index (χ3v) is 4.48. The van der Waals surface area contributed by atoms with Crippen molar-refractivity contribution in [3.8, 4) is 0 Å². The summed E-state index contributed by atoms with van der Waals surface area (Å²) in [5, 5.41) is 13.9. The normalized spacial score (nSPS) is 13.1. The van der Waals surface area contributed by atoms with Crippen molar-refractivity contribution in [3.05, 3.63) is 46.7 Å².